The third kappa shape index (κ3) is 3.68. The van der Waals surface area contributed by atoms with E-state index in [9.17, 15) is 0 Å². The van der Waals surface area contributed by atoms with Crippen molar-refractivity contribution in [1.82, 2.24) is 14.9 Å². The summed E-state index contributed by atoms with van der Waals surface area (Å²) < 4.78 is 11.8. The van der Waals surface area contributed by atoms with Crippen molar-refractivity contribution in [3.8, 4) is 28.2 Å². The van der Waals surface area contributed by atoms with E-state index in [2.05, 4.69) is 21.1 Å². The normalized spacial score (nSPS) is 11.2. The summed E-state index contributed by atoms with van der Waals surface area (Å²) in [5.74, 6) is 1.59. The van der Waals surface area contributed by atoms with Gasteiger partial charge in [0.1, 0.15) is 30.6 Å². The van der Waals surface area contributed by atoms with Gasteiger partial charge >= 0.3 is 0 Å². The van der Waals surface area contributed by atoms with Crippen molar-refractivity contribution in [2.24, 2.45) is 0 Å². The maximum atomic E-state index is 6.06. The third-order valence-corrected chi connectivity index (χ3v) is 4.28. The molecular formula is C22H20N3O2. The average Bonchev–Trinajstić information content (AvgIpc) is 3.08. The predicted molar refractivity (Wildman–Crippen MR) is 106 cm³/mol. The topological polar surface area (TPSA) is 51.4 Å². The molecule has 0 aliphatic carbocycles. The quantitative estimate of drug-likeness (QED) is 0.514. The van der Waals surface area contributed by atoms with Crippen LogP contribution in [0.3, 0.4) is 0 Å². The molecule has 27 heavy (non-hydrogen) atoms. The molecule has 5 heteroatoms. The van der Waals surface area contributed by atoms with Gasteiger partial charge < -0.3 is 14.1 Å². The minimum atomic E-state index is 0.533. The molecule has 4 rings (SSSR count). The van der Waals surface area contributed by atoms with Crippen LogP contribution in [0.4, 0.5) is 0 Å². The Kier molecular flexibility index (Phi) is 4.85. The Morgan fingerprint density at radius 3 is 2.52 bits per heavy atom. The first-order valence-corrected chi connectivity index (χ1v) is 8.81. The van der Waals surface area contributed by atoms with Gasteiger partial charge in [0.05, 0.1) is 5.39 Å². The number of hydrogen-bond acceptors (Lipinski definition) is 5. The standard InChI is InChI=1S/C22H20N3O2/c1-25(2)12-13-26-18-10-8-17(9-11-18)21-20(16-6-4-3-5-7-16)19-14-23-15-24-22(19)27-21/h3-11,15H,12-13H2,1-2H3. The number of likely N-dealkylation sites (N-methyl/N-ethyl adjacent to an activating group) is 1. The zero-order valence-electron chi connectivity index (χ0n) is 15.3. The molecule has 0 unspecified atom stereocenters. The molecule has 0 N–H and O–H groups in total. The highest BCUT2D eigenvalue weighted by molar-refractivity contribution is 5.99. The van der Waals surface area contributed by atoms with Crippen molar-refractivity contribution in [1.29, 1.82) is 0 Å². The number of furan rings is 1. The van der Waals surface area contributed by atoms with Gasteiger partial charge in [-0.25, -0.2) is 9.97 Å². The van der Waals surface area contributed by atoms with Gasteiger partial charge in [-0.2, -0.15) is 0 Å². The molecule has 2 aromatic carbocycles. The van der Waals surface area contributed by atoms with Crippen LogP contribution < -0.4 is 4.74 Å². The largest absolute Gasteiger partial charge is 0.492 e. The third-order valence-electron chi connectivity index (χ3n) is 4.28. The molecule has 4 aromatic rings. The molecule has 5 nitrogen and oxygen atoms in total. The van der Waals surface area contributed by atoms with Gasteiger partial charge in [0.25, 0.3) is 0 Å². The van der Waals surface area contributed by atoms with Crippen molar-refractivity contribution in [3.63, 3.8) is 0 Å². The van der Waals surface area contributed by atoms with Crippen LogP contribution in [0.1, 0.15) is 0 Å². The van der Waals surface area contributed by atoms with E-state index in [-0.39, 0.29) is 0 Å². The summed E-state index contributed by atoms with van der Waals surface area (Å²) in [5, 5.41) is 0.782. The van der Waals surface area contributed by atoms with Gasteiger partial charge in [0.15, 0.2) is 0 Å². The summed E-state index contributed by atoms with van der Waals surface area (Å²) in [7, 11) is 4.05. The first-order chi connectivity index (χ1) is 13.2. The Hall–Kier alpha value is -3.18. The maximum Gasteiger partial charge on any atom is 0.231 e. The van der Waals surface area contributed by atoms with E-state index in [0.29, 0.717) is 12.3 Å². The maximum absolute atomic E-state index is 6.06. The Morgan fingerprint density at radius 2 is 1.78 bits per heavy atom. The zero-order chi connectivity index (χ0) is 18.6. The molecule has 0 saturated carbocycles. The lowest BCUT2D eigenvalue weighted by molar-refractivity contribution is 0.261. The highest BCUT2D eigenvalue weighted by Crippen LogP contribution is 2.39. The summed E-state index contributed by atoms with van der Waals surface area (Å²) in [6, 6.07) is 18.0. The molecule has 0 bridgehead atoms. The second kappa shape index (κ2) is 7.60. The summed E-state index contributed by atoms with van der Waals surface area (Å²) >= 11 is 0. The van der Waals surface area contributed by atoms with Crippen molar-refractivity contribution in [2.75, 3.05) is 27.2 Å². The Bertz CT molecular complexity index is 1020. The van der Waals surface area contributed by atoms with E-state index in [1.807, 2.05) is 68.7 Å². The van der Waals surface area contributed by atoms with Crippen molar-refractivity contribution in [2.45, 2.75) is 0 Å². The van der Waals surface area contributed by atoms with Crippen molar-refractivity contribution >= 4 is 11.1 Å². The number of rotatable bonds is 6. The summed E-state index contributed by atoms with van der Waals surface area (Å²) in [4.78, 5) is 10.4. The van der Waals surface area contributed by atoms with E-state index in [1.165, 1.54) is 6.33 Å². The molecule has 0 fully saturated rings. The number of aromatic nitrogens is 2. The van der Waals surface area contributed by atoms with E-state index >= 15 is 0 Å². The second-order valence-corrected chi connectivity index (χ2v) is 6.51. The predicted octanol–water partition coefficient (Wildman–Crippen LogP) is 4.30. The van der Waals surface area contributed by atoms with Crippen LogP contribution in [0.25, 0.3) is 33.6 Å². The molecule has 0 amide bonds. The lowest BCUT2D eigenvalue weighted by Gasteiger charge is -2.11. The van der Waals surface area contributed by atoms with Crippen molar-refractivity contribution in [3.05, 3.63) is 67.1 Å². The fourth-order valence-electron chi connectivity index (χ4n) is 2.92. The fraction of sp³-hybridized carbons (Fsp3) is 0.182. The number of nitrogens with zero attached hydrogens (tertiary/aromatic N) is 3. The summed E-state index contributed by atoms with van der Waals surface area (Å²) in [5.41, 5.74) is 3.49. The molecule has 0 aliphatic heterocycles. The van der Waals surface area contributed by atoms with Crippen LogP contribution in [0.5, 0.6) is 5.75 Å². The minimum Gasteiger partial charge on any atom is -0.492 e. The molecule has 2 heterocycles. The number of hydrogen-bond donors (Lipinski definition) is 0. The smallest absolute Gasteiger partial charge is 0.231 e. The van der Waals surface area contributed by atoms with Crippen LogP contribution in [0.15, 0.2) is 65.3 Å². The van der Waals surface area contributed by atoms with Crippen molar-refractivity contribution < 1.29 is 9.15 Å². The van der Waals surface area contributed by atoms with Gasteiger partial charge in [-0.05, 0) is 43.9 Å². The molecule has 0 atom stereocenters. The van der Waals surface area contributed by atoms with Crippen LogP contribution >= 0.6 is 0 Å². The molecular weight excluding hydrogens is 338 g/mol. The van der Waals surface area contributed by atoms with E-state index < -0.39 is 0 Å². The summed E-state index contributed by atoms with van der Waals surface area (Å²) in [6.07, 6.45) is 4.47. The van der Waals surface area contributed by atoms with E-state index in [4.69, 9.17) is 9.15 Å². The average molecular weight is 358 g/mol. The molecule has 0 spiro atoms. The highest BCUT2D eigenvalue weighted by Gasteiger charge is 2.18. The highest BCUT2D eigenvalue weighted by atomic mass is 16.5. The van der Waals surface area contributed by atoms with E-state index in [0.717, 1.165) is 40.1 Å². The van der Waals surface area contributed by atoms with Crippen LogP contribution in [0.2, 0.25) is 0 Å². The van der Waals surface area contributed by atoms with Crippen LogP contribution in [-0.4, -0.2) is 42.1 Å². The monoisotopic (exact) mass is 358 g/mol. The van der Waals surface area contributed by atoms with E-state index in [1.54, 1.807) is 0 Å². The molecule has 2 aromatic heterocycles. The Labute approximate surface area is 158 Å². The number of ether oxygens (including phenoxy) is 1. The Morgan fingerprint density at radius 1 is 1.00 bits per heavy atom. The molecule has 0 saturated heterocycles. The van der Waals surface area contributed by atoms with Crippen LogP contribution in [0, 0.1) is 6.20 Å². The lowest BCUT2D eigenvalue weighted by Crippen LogP contribution is -2.19. The van der Waals surface area contributed by atoms with Gasteiger partial charge in [0, 0.05) is 17.7 Å². The zero-order valence-corrected chi connectivity index (χ0v) is 15.3. The first kappa shape index (κ1) is 17.2. The van der Waals surface area contributed by atoms with Gasteiger partial charge in [-0.1, -0.05) is 30.3 Å². The minimum absolute atomic E-state index is 0.533. The van der Waals surface area contributed by atoms with Crippen LogP contribution in [-0.2, 0) is 0 Å². The van der Waals surface area contributed by atoms with Gasteiger partial charge in [-0.3, -0.25) is 0 Å². The molecule has 135 valence electrons. The SMILES string of the molecule is CN(C)CCOc1ccc(-c2oc3ncn[c]c3c2-c2ccccc2)cc1. The second-order valence-electron chi connectivity index (χ2n) is 6.51. The van der Waals surface area contributed by atoms with Gasteiger partial charge in [-0.15, -0.1) is 0 Å². The molecule has 1 radical (unpaired) electrons. The first-order valence-electron chi connectivity index (χ1n) is 8.81. The van der Waals surface area contributed by atoms with Gasteiger partial charge in [0.2, 0.25) is 5.71 Å². The number of benzene rings is 2. The number of fused-ring (bicyclic) bond motifs is 1. The lowest BCUT2D eigenvalue weighted by atomic mass is 10.00. The Balaban J connectivity index is 1.71. The molecule has 0 aliphatic rings. The fourth-order valence-corrected chi connectivity index (χ4v) is 2.92. The summed E-state index contributed by atoms with van der Waals surface area (Å²) in [6.45, 7) is 1.52.